The van der Waals surface area contributed by atoms with E-state index in [1.807, 2.05) is 32.0 Å². The summed E-state index contributed by atoms with van der Waals surface area (Å²) in [5.41, 5.74) is 3.04. The number of nitrogens with zero attached hydrogens (tertiary/aromatic N) is 2. The van der Waals surface area contributed by atoms with Gasteiger partial charge in [0.1, 0.15) is 17.1 Å². The van der Waals surface area contributed by atoms with E-state index in [9.17, 15) is 0 Å². The van der Waals surface area contributed by atoms with Crippen LogP contribution in [0.1, 0.15) is 35.7 Å². The highest BCUT2D eigenvalue weighted by atomic mass is 16.5. The molecule has 3 aromatic rings. The summed E-state index contributed by atoms with van der Waals surface area (Å²) in [6.07, 6.45) is 0. The van der Waals surface area contributed by atoms with Crippen LogP contribution in [0.3, 0.4) is 0 Å². The van der Waals surface area contributed by atoms with Crippen LogP contribution in [0, 0.1) is 13.8 Å². The topological polar surface area (TPSA) is 42.4 Å². The Bertz CT molecular complexity index is 705. The molecule has 0 N–H and O–H groups in total. The molecule has 0 spiro atoms. The van der Waals surface area contributed by atoms with E-state index in [1.165, 1.54) is 0 Å². The van der Waals surface area contributed by atoms with Crippen molar-refractivity contribution in [3.63, 3.8) is 0 Å². The molecule has 1 aromatic carbocycles. The third-order valence-corrected chi connectivity index (χ3v) is 4.11. The molecule has 2 aromatic heterocycles. The van der Waals surface area contributed by atoms with Gasteiger partial charge in [-0.25, -0.2) is 0 Å². The van der Waals surface area contributed by atoms with Crippen molar-refractivity contribution in [1.29, 1.82) is 0 Å². The first-order chi connectivity index (χ1) is 10.1. The second-order valence-electron chi connectivity index (χ2n) is 5.58. The van der Waals surface area contributed by atoms with E-state index in [2.05, 4.69) is 36.2 Å². The fourth-order valence-electron chi connectivity index (χ4n) is 2.54. The summed E-state index contributed by atoms with van der Waals surface area (Å²) in [7, 11) is 2.09. The van der Waals surface area contributed by atoms with Crippen LogP contribution in [-0.4, -0.2) is 17.1 Å². The maximum absolute atomic E-state index is 5.95. The Kier molecular flexibility index (Phi) is 3.55. The van der Waals surface area contributed by atoms with E-state index in [-0.39, 0.29) is 6.04 Å². The highest BCUT2D eigenvalue weighted by Gasteiger charge is 2.19. The molecule has 2 heterocycles. The summed E-state index contributed by atoms with van der Waals surface area (Å²) in [5.74, 6) is 1.86. The zero-order valence-electron chi connectivity index (χ0n) is 12.9. The van der Waals surface area contributed by atoms with Crippen molar-refractivity contribution in [1.82, 2.24) is 10.1 Å². The number of aryl methyl sites for hydroxylation is 2. The van der Waals surface area contributed by atoms with Gasteiger partial charge in [0.2, 0.25) is 0 Å². The van der Waals surface area contributed by atoms with E-state index in [0.717, 1.165) is 40.3 Å². The van der Waals surface area contributed by atoms with Crippen molar-refractivity contribution < 1.29 is 8.94 Å². The molecule has 1 unspecified atom stereocenters. The number of rotatable bonds is 4. The zero-order chi connectivity index (χ0) is 15.0. The summed E-state index contributed by atoms with van der Waals surface area (Å²) < 4.78 is 11.2. The number of benzene rings is 1. The Morgan fingerprint density at radius 2 is 2.00 bits per heavy atom. The van der Waals surface area contributed by atoms with Gasteiger partial charge in [-0.1, -0.05) is 23.4 Å². The Labute approximate surface area is 124 Å². The first-order valence-corrected chi connectivity index (χ1v) is 7.16. The van der Waals surface area contributed by atoms with Crippen molar-refractivity contribution >= 4 is 11.0 Å². The van der Waals surface area contributed by atoms with Gasteiger partial charge in [-0.15, -0.1) is 0 Å². The van der Waals surface area contributed by atoms with E-state index in [0.29, 0.717) is 0 Å². The fourth-order valence-corrected chi connectivity index (χ4v) is 2.54. The highest BCUT2D eigenvalue weighted by molar-refractivity contribution is 5.77. The van der Waals surface area contributed by atoms with E-state index < -0.39 is 0 Å². The first kappa shape index (κ1) is 13.9. The SMILES string of the molecule is Cc1noc(C)c1CN(C)C(C)c1cc2ccccc2o1. The largest absolute Gasteiger partial charge is 0.459 e. The molecule has 0 aliphatic rings. The van der Waals surface area contributed by atoms with Crippen molar-refractivity contribution in [2.75, 3.05) is 7.05 Å². The minimum Gasteiger partial charge on any atom is -0.459 e. The molecule has 0 aliphatic heterocycles. The molecule has 0 saturated carbocycles. The van der Waals surface area contributed by atoms with Gasteiger partial charge in [-0.3, -0.25) is 4.90 Å². The van der Waals surface area contributed by atoms with Crippen LogP contribution in [0.2, 0.25) is 0 Å². The predicted molar refractivity (Wildman–Crippen MR) is 82.1 cm³/mol. The van der Waals surface area contributed by atoms with Crippen LogP contribution in [0.25, 0.3) is 11.0 Å². The molecule has 0 aliphatic carbocycles. The summed E-state index contributed by atoms with van der Waals surface area (Å²) in [6.45, 7) is 6.87. The molecule has 0 saturated heterocycles. The van der Waals surface area contributed by atoms with Crippen LogP contribution in [0.15, 0.2) is 39.3 Å². The van der Waals surface area contributed by atoms with Gasteiger partial charge < -0.3 is 8.94 Å². The van der Waals surface area contributed by atoms with Gasteiger partial charge in [0.25, 0.3) is 0 Å². The lowest BCUT2D eigenvalue weighted by molar-refractivity contribution is 0.225. The third-order valence-electron chi connectivity index (χ3n) is 4.11. The number of hydrogen-bond donors (Lipinski definition) is 0. The van der Waals surface area contributed by atoms with Crippen LogP contribution in [0.5, 0.6) is 0 Å². The molecular weight excluding hydrogens is 264 g/mol. The maximum atomic E-state index is 5.95. The van der Waals surface area contributed by atoms with Gasteiger partial charge >= 0.3 is 0 Å². The summed E-state index contributed by atoms with van der Waals surface area (Å²) in [5, 5.41) is 5.15. The van der Waals surface area contributed by atoms with Gasteiger partial charge in [0.05, 0.1) is 11.7 Å². The Balaban J connectivity index is 1.82. The molecule has 0 radical (unpaired) electrons. The molecule has 0 amide bonds. The van der Waals surface area contributed by atoms with Crippen LogP contribution < -0.4 is 0 Å². The smallest absolute Gasteiger partial charge is 0.138 e. The van der Waals surface area contributed by atoms with Gasteiger partial charge in [-0.2, -0.15) is 0 Å². The number of furan rings is 1. The maximum Gasteiger partial charge on any atom is 0.138 e. The lowest BCUT2D eigenvalue weighted by Gasteiger charge is -2.22. The van der Waals surface area contributed by atoms with Crippen molar-refractivity contribution in [3.8, 4) is 0 Å². The van der Waals surface area contributed by atoms with Gasteiger partial charge in [0, 0.05) is 17.5 Å². The van der Waals surface area contributed by atoms with Crippen molar-refractivity contribution in [2.24, 2.45) is 0 Å². The van der Waals surface area contributed by atoms with Crippen LogP contribution in [-0.2, 0) is 6.54 Å². The molecule has 4 nitrogen and oxygen atoms in total. The lowest BCUT2D eigenvalue weighted by atomic mass is 10.1. The minimum atomic E-state index is 0.186. The number of para-hydroxylation sites is 1. The second kappa shape index (κ2) is 5.37. The van der Waals surface area contributed by atoms with Gasteiger partial charge in [0.15, 0.2) is 0 Å². The third kappa shape index (κ3) is 2.59. The number of fused-ring (bicyclic) bond motifs is 1. The molecule has 3 rings (SSSR count). The van der Waals surface area contributed by atoms with Crippen LogP contribution in [0.4, 0.5) is 0 Å². The van der Waals surface area contributed by atoms with Crippen molar-refractivity contribution in [2.45, 2.75) is 33.4 Å². The average molecular weight is 284 g/mol. The molecule has 4 heteroatoms. The molecule has 110 valence electrons. The number of aromatic nitrogens is 1. The normalized spacial score (nSPS) is 13.2. The van der Waals surface area contributed by atoms with E-state index >= 15 is 0 Å². The predicted octanol–water partition coefficient (Wildman–Crippen LogP) is 4.23. The molecular formula is C17H20N2O2. The fraction of sp³-hybridized carbons (Fsp3) is 0.353. The zero-order valence-corrected chi connectivity index (χ0v) is 12.9. The first-order valence-electron chi connectivity index (χ1n) is 7.16. The Morgan fingerprint density at radius 1 is 1.24 bits per heavy atom. The highest BCUT2D eigenvalue weighted by Crippen LogP contribution is 2.28. The average Bonchev–Trinajstić information content (AvgIpc) is 3.04. The molecule has 0 bridgehead atoms. The molecule has 0 fully saturated rings. The second-order valence-corrected chi connectivity index (χ2v) is 5.58. The molecule has 1 atom stereocenters. The standard InChI is InChI=1S/C17H20N2O2/c1-11-15(13(3)21-18-11)10-19(4)12(2)17-9-14-7-5-6-8-16(14)20-17/h5-9,12H,10H2,1-4H3. The summed E-state index contributed by atoms with van der Waals surface area (Å²) in [4.78, 5) is 2.24. The molecule has 21 heavy (non-hydrogen) atoms. The number of hydrogen-bond acceptors (Lipinski definition) is 4. The monoisotopic (exact) mass is 284 g/mol. The van der Waals surface area contributed by atoms with E-state index in [4.69, 9.17) is 8.94 Å². The lowest BCUT2D eigenvalue weighted by Crippen LogP contribution is -2.22. The van der Waals surface area contributed by atoms with E-state index in [1.54, 1.807) is 0 Å². The van der Waals surface area contributed by atoms with Crippen molar-refractivity contribution in [3.05, 3.63) is 53.1 Å². The summed E-state index contributed by atoms with van der Waals surface area (Å²) in [6, 6.07) is 10.4. The van der Waals surface area contributed by atoms with Gasteiger partial charge in [-0.05, 0) is 40.0 Å². The Hall–Kier alpha value is -2.07. The summed E-state index contributed by atoms with van der Waals surface area (Å²) >= 11 is 0. The Morgan fingerprint density at radius 3 is 2.67 bits per heavy atom. The quantitative estimate of drug-likeness (QED) is 0.719. The van der Waals surface area contributed by atoms with Crippen LogP contribution >= 0.6 is 0 Å². The minimum absolute atomic E-state index is 0.186.